The number of hydrogen-bond donors (Lipinski definition) is 1. The fourth-order valence-electron chi connectivity index (χ4n) is 2.93. The molecule has 0 radical (unpaired) electrons. The van der Waals surface area contributed by atoms with Crippen LogP contribution in [0.5, 0.6) is 11.5 Å². The second kappa shape index (κ2) is 6.83. The Hall–Kier alpha value is -2.69. The highest BCUT2D eigenvalue weighted by molar-refractivity contribution is 5.89. The van der Waals surface area contributed by atoms with Gasteiger partial charge in [0.15, 0.2) is 0 Å². The highest BCUT2D eigenvalue weighted by Crippen LogP contribution is 2.32. The summed E-state index contributed by atoms with van der Waals surface area (Å²) in [6.07, 6.45) is 0.573. The van der Waals surface area contributed by atoms with E-state index < -0.39 is 5.97 Å². The van der Waals surface area contributed by atoms with Crippen LogP contribution in [-0.4, -0.2) is 37.4 Å². The van der Waals surface area contributed by atoms with E-state index in [1.54, 1.807) is 18.2 Å². The number of carboxylic acids is 1. The number of rotatable bonds is 5. The van der Waals surface area contributed by atoms with Crippen molar-refractivity contribution in [2.75, 3.05) is 25.1 Å². The van der Waals surface area contributed by atoms with Crippen LogP contribution in [0.4, 0.5) is 5.69 Å². The van der Waals surface area contributed by atoms with Gasteiger partial charge in [0.2, 0.25) is 0 Å². The Kier molecular flexibility index (Phi) is 4.60. The first-order valence-corrected chi connectivity index (χ1v) is 8.04. The molecule has 0 fully saturated rings. The molecule has 24 heavy (non-hydrogen) atoms. The van der Waals surface area contributed by atoms with Gasteiger partial charge in [-0.05, 0) is 42.3 Å². The van der Waals surface area contributed by atoms with Gasteiger partial charge in [-0.1, -0.05) is 19.1 Å². The van der Waals surface area contributed by atoms with Crippen molar-refractivity contribution >= 4 is 11.7 Å². The first-order chi connectivity index (χ1) is 11.6. The quantitative estimate of drug-likeness (QED) is 0.914. The highest BCUT2D eigenvalue weighted by Gasteiger charge is 2.23. The lowest BCUT2D eigenvalue weighted by Crippen LogP contribution is -2.41. The van der Waals surface area contributed by atoms with Crippen molar-refractivity contribution in [2.24, 2.45) is 0 Å². The molecule has 5 nitrogen and oxygen atoms in total. The van der Waals surface area contributed by atoms with E-state index in [1.165, 1.54) is 0 Å². The normalized spacial score (nSPS) is 16.2. The molecule has 126 valence electrons. The summed E-state index contributed by atoms with van der Waals surface area (Å²) in [5, 5.41) is 9.18. The summed E-state index contributed by atoms with van der Waals surface area (Å²) in [5.41, 5.74) is 2.17. The average molecular weight is 327 g/mol. The molecule has 5 heteroatoms. The minimum atomic E-state index is -0.910. The Morgan fingerprint density at radius 3 is 2.88 bits per heavy atom. The lowest BCUT2D eigenvalue weighted by atomic mass is 10.1. The van der Waals surface area contributed by atoms with E-state index in [-0.39, 0.29) is 6.10 Å². The molecular weight excluding hydrogens is 306 g/mol. The second-order valence-corrected chi connectivity index (χ2v) is 5.88. The third kappa shape index (κ3) is 3.30. The molecule has 0 aliphatic carbocycles. The van der Waals surface area contributed by atoms with Gasteiger partial charge < -0.3 is 19.5 Å². The Morgan fingerprint density at radius 2 is 2.12 bits per heavy atom. The maximum absolute atomic E-state index is 11.2. The molecule has 1 aliphatic rings. The number of hydrogen-bond acceptors (Lipinski definition) is 4. The first kappa shape index (κ1) is 16.2. The van der Waals surface area contributed by atoms with Gasteiger partial charge in [0, 0.05) is 7.05 Å². The fourth-order valence-corrected chi connectivity index (χ4v) is 2.93. The lowest BCUT2D eigenvalue weighted by Gasteiger charge is -2.33. The van der Waals surface area contributed by atoms with Gasteiger partial charge in [-0.3, -0.25) is 0 Å². The molecule has 0 aromatic heterocycles. The van der Waals surface area contributed by atoms with Gasteiger partial charge >= 0.3 is 5.97 Å². The van der Waals surface area contributed by atoms with E-state index in [0.717, 1.165) is 23.5 Å². The fraction of sp³-hybridized carbons (Fsp3) is 0.316. The predicted octanol–water partition coefficient (Wildman–Crippen LogP) is 3.22. The van der Waals surface area contributed by atoms with Crippen LogP contribution in [0.2, 0.25) is 0 Å². The number of carbonyl (C=O) groups is 1. The van der Waals surface area contributed by atoms with Crippen molar-refractivity contribution in [3.63, 3.8) is 0 Å². The minimum Gasteiger partial charge on any atom is -0.490 e. The summed E-state index contributed by atoms with van der Waals surface area (Å²) >= 11 is 0. The summed E-state index contributed by atoms with van der Waals surface area (Å²) < 4.78 is 11.8. The largest absolute Gasteiger partial charge is 0.490 e. The van der Waals surface area contributed by atoms with Crippen LogP contribution in [0.1, 0.15) is 22.8 Å². The Balaban J connectivity index is 1.67. The zero-order valence-electron chi connectivity index (χ0n) is 13.9. The molecule has 3 rings (SSSR count). The highest BCUT2D eigenvalue weighted by atomic mass is 16.5. The zero-order chi connectivity index (χ0) is 17.1. The average Bonchev–Trinajstić information content (AvgIpc) is 2.59. The molecule has 2 aromatic carbocycles. The van der Waals surface area contributed by atoms with Crippen molar-refractivity contribution in [2.45, 2.75) is 19.4 Å². The van der Waals surface area contributed by atoms with Gasteiger partial charge in [-0.2, -0.15) is 0 Å². The van der Waals surface area contributed by atoms with E-state index in [2.05, 4.69) is 4.90 Å². The number of fused-ring (bicyclic) bond motifs is 1. The van der Waals surface area contributed by atoms with Crippen LogP contribution in [0.15, 0.2) is 42.5 Å². The zero-order valence-corrected chi connectivity index (χ0v) is 13.9. The van der Waals surface area contributed by atoms with Gasteiger partial charge in [0.25, 0.3) is 0 Å². The van der Waals surface area contributed by atoms with Gasteiger partial charge in [-0.25, -0.2) is 4.79 Å². The van der Waals surface area contributed by atoms with Crippen LogP contribution in [0.25, 0.3) is 0 Å². The van der Waals surface area contributed by atoms with Crippen molar-refractivity contribution in [3.8, 4) is 11.5 Å². The van der Waals surface area contributed by atoms with Crippen molar-refractivity contribution in [1.29, 1.82) is 0 Å². The van der Waals surface area contributed by atoms with E-state index in [1.807, 2.05) is 38.2 Å². The van der Waals surface area contributed by atoms with Crippen molar-refractivity contribution in [1.82, 2.24) is 0 Å². The summed E-state index contributed by atoms with van der Waals surface area (Å²) in [6, 6.07) is 13.0. The van der Waals surface area contributed by atoms with Crippen LogP contribution < -0.4 is 14.4 Å². The monoisotopic (exact) mass is 327 g/mol. The van der Waals surface area contributed by atoms with E-state index in [0.29, 0.717) is 24.3 Å². The lowest BCUT2D eigenvalue weighted by molar-refractivity contribution is 0.0695. The molecule has 1 heterocycles. The molecular formula is C19H21NO4. The Labute approximate surface area is 141 Å². The molecule has 0 amide bonds. The number of benzene rings is 2. The van der Waals surface area contributed by atoms with Crippen LogP contribution in [0.3, 0.4) is 0 Å². The molecule has 0 unspecified atom stereocenters. The van der Waals surface area contributed by atoms with Crippen LogP contribution in [-0.2, 0) is 6.42 Å². The van der Waals surface area contributed by atoms with E-state index in [4.69, 9.17) is 9.47 Å². The van der Waals surface area contributed by atoms with Crippen LogP contribution in [0, 0.1) is 0 Å². The van der Waals surface area contributed by atoms with Crippen LogP contribution >= 0.6 is 0 Å². The molecule has 1 N–H and O–H groups in total. The minimum absolute atomic E-state index is 0.0749. The SMILES string of the molecule is CCc1cc(OC[C@@H]2CN(C)c3ccccc3O2)ccc1C(=O)O. The first-order valence-electron chi connectivity index (χ1n) is 8.04. The molecule has 1 atom stereocenters. The standard InChI is InChI=1S/C19H21NO4/c1-3-13-10-14(8-9-16(13)19(21)22)23-12-15-11-20(2)17-6-4-5-7-18(17)24-15/h4-10,15H,3,11-12H2,1-2H3,(H,21,22)/t15-/m0/s1. The number of anilines is 1. The molecule has 1 aliphatic heterocycles. The summed E-state index contributed by atoms with van der Waals surface area (Å²) in [6.45, 7) is 3.08. The smallest absolute Gasteiger partial charge is 0.335 e. The number of likely N-dealkylation sites (N-methyl/N-ethyl adjacent to an activating group) is 1. The number of para-hydroxylation sites is 2. The van der Waals surface area contributed by atoms with E-state index >= 15 is 0 Å². The molecule has 0 saturated carbocycles. The Bertz CT molecular complexity index is 744. The number of nitrogens with zero attached hydrogens (tertiary/aromatic N) is 1. The molecule has 2 aromatic rings. The molecule has 0 spiro atoms. The van der Waals surface area contributed by atoms with Crippen molar-refractivity contribution < 1.29 is 19.4 Å². The topological polar surface area (TPSA) is 59.0 Å². The summed E-state index contributed by atoms with van der Waals surface area (Å²) in [5.74, 6) is 0.615. The number of aryl methyl sites for hydroxylation is 1. The molecule has 0 saturated heterocycles. The Morgan fingerprint density at radius 1 is 1.33 bits per heavy atom. The number of carboxylic acid groups (broad SMARTS) is 1. The van der Waals surface area contributed by atoms with E-state index in [9.17, 15) is 9.90 Å². The second-order valence-electron chi connectivity index (χ2n) is 5.88. The number of aromatic carboxylic acids is 1. The summed E-state index contributed by atoms with van der Waals surface area (Å²) in [4.78, 5) is 13.3. The maximum Gasteiger partial charge on any atom is 0.335 e. The van der Waals surface area contributed by atoms with Gasteiger partial charge in [-0.15, -0.1) is 0 Å². The molecule has 0 bridgehead atoms. The third-order valence-electron chi connectivity index (χ3n) is 4.17. The maximum atomic E-state index is 11.2. The van der Waals surface area contributed by atoms with Gasteiger partial charge in [0.1, 0.15) is 24.2 Å². The van der Waals surface area contributed by atoms with Gasteiger partial charge in [0.05, 0.1) is 17.8 Å². The predicted molar refractivity (Wildman–Crippen MR) is 92.4 cm³/mol. The third-order valence-corrected chi connectivity index (χ3v) is 4.17. The summed E-state index contributed by atoms with van der Waals surface area (Å²) in [7, 11) is 2.03. The number of ether oxygens (including phenoxy) is 2. The van der Waals surface area contributed by atoms with Crippen molar-refractivity contribution in [3.05, 3.63) is 53.6 Å².